The molecule has 1 aliphatic rings. The number of hydrogen-bond donors (Lipinski definition) is 1. The molecule has 1 aliphatic heterocycles. The van der Waals surface area contributed by atoms with E-state index in [0.717, 1.165) is 25.0 Å². The van der Waals surface area contributed by atoms with Gasteiger partial charge in [-0.3, -0.25) is 4.79 Å². The first-order valence-corrected chi connectivity index (χ1v) is 8.94. The van der Waals surface area contributed by atoms with Crippen LogP contribution in [-0.2, 0) is 9.53 Å². The minimum atomic E-state index is -0.209. The Balaban J connectivity index is 1.48. The van der Waals surface area contributed by atoms with Gasteiger partial charge in [-0.1, -0.05) is 12.1 Å². The van der Waals surface area contributed by atoms with Crippen molar-refractivity contribution in [3.05, 3.63) is 53.6 Å². The predicted octanol–water partition coefficient (Wildman–Crippen LogP) is 3.88. The van der Waals surface area contributed by atoms with Gasteiger partial charge in [-0.2, -0.15) is 0 Å². The van der Waals surface area contributed by atoms with Gasteiger partial charge in [-0.25, -0.2) is 0 Å². The third-order valence-corrected chi connectivity index (χ3v) is 4.43. The van der Waals surface area contributed by atoms with Crippen LogP contribution in [0.2, 0.25) is 0 Å². The normalized spacial score (nSPS) is 16.3. The lowest BCUT2D eigenvalue weighted by atomic mass is 10.1. The van der Waals surface area contributed by atoms with Crippen LogP contribution in [-0.4, -0.2) is 31.8 Å². The van der Waals surface area contributed by atoms with Crippen molar-refractivity contribution in [3.8, 4) is 11.5 Å². The molecule has 2 aromatic rings. The summed E-state index contributed by atoms with van der Waals surface area (Å²) in [7, 11) is 0. The molecule has 1 atom stereocenters. The van der Waals surface area contributed by atoms with Crippen LogP contribution in [0.1, 0.15) is 24.0 Å². The first-order chi connectivity index (χ1) is 12.6. The second kappa shape index (κ2) is 8.72. The Morgan fingerprint density at radius 2 is 1.96 bits per heavy atom. The van der Waals surface area contributed by atoms with Crippen molar-refractivity contribution < 1.29 is 19.0 Å². The average molecular weight is 355 g/mol. The average Bonchev–Trinajstić information content (AvgIpc) is 3.15. The second-order valence-electron chi connectivity index (χ2n) is 6.56. The molecule has 3 rings (SSSR count). The zero-order valence-corrected chi connectivity index (χ0v) is 15.3. The molecule has 0 radical (unpaired) electrons. The summed E-state index contributed by atoms with van der Waals surface area (Å²) in [5, 5.41) is 2.83. The molecule has 1 saturated heterocycles. The van der Waals surface area contributed by atoms with Gasteiger partial charge in [0.05, 0.1) is 6.10 Å². The van der Waals surface area contributed by atoms with Gasteiger partial charge in [-0.15, -0.1) is 0 Å². The highest BCUT2D eigenvalue weighted by atomic mass is 16.5. The molecule has 1 amide bonds. The van der Waals surface area contributed by atoms with Gasteiger partial charge in [-0.05, 0) is 62.1 Å². The van der Waals surface area contributed by atoms with Gasteiger partial charge >= 0.3 is 0 Å². The molecule has 0 saturated carbocycles. The third-order valence-electron chi connectivity index (χ3n) is 4.43. The van der Waals surface area contributed by atoms with Crippen LogP contribution in [0.25, 0.3) is 0 Å². The highest BCUT2D eigenvalue weighted by Crippen LogP contribution is 2.20. The minimum Gasteiger partial charge on any atom is -0.491 e. The van der Waals surface area contributed by atoms with E-state index in [0.29, 0.717) is 23.8 Å². The van der Waals surface area contributed by atoms with Crippen molar-refractivity contribution in [2.75, 3.05) is 25.1 Å². The lowest BCUT2D eigenvalue weighted by Crippen LogP contribution is -2.20. The number of carbonyl (C=O) groups is 1. The maximum absolute atomic E-state index is 12.1. The van der Waals surface area contributed by atoms with Crippen molar-refractivity contribution in [1.29, 1.82) is 0 Å². The van der Waals surface area contributed by atoms with E-state index in [2.05, 4.69) is 5.32 Å². The Bertz CT molecular complexity index is 753. The van der Waals surface area contributed by atoms with E-state index in [4.69, 9.17) is 14.2 Å². The summed E-state index contributed by atoms with van der Waals surface area (Å²) in [5.74, 6) is 1.20. The number of aryl methyl sites for hydroxylation is 2. The molecule has 1 N–H and O–H groups in total. The molecule has 0 spiro atoms. The fraction of sp³-hybridized carbons (Fsp3) is 0.381. The lowest BCUT2D eigenvalue weighted by Gasteiger charge is -2.13. The Labute approximate surface area is 154 Å². The molecule has 5 nitrogen and oxygen atoms in total. The Morgan fingerprint density at radius 1 is 1.12 bits per heavy atom. The molecule has 138 valence electrons. The highest BCUT2D eigenvalue weighted by molar-refractivity contribution is 5.92. The quantitative estimate of drug-likeness (QED) is 0.819. The largest absolute Gasteiger partial charge is 0.491 e. The number of nitrogens with one attached hydrogen (secondary N) is 1. The maximum atomic E-state index is 12.1. The molecule has 0 aromatic heterocycles. The molecular weight excluding hydrogens is 330 g/mol. The molecule has 1 heterocycles. The summed E-state index contributed by atoms with van der Waals surface area (Å²) in [6.07, 6.45) is 2.29. The van der Waals surface area contributed by atoms with Gasteiger partial charge in [0.15, 0.2) is 6.61 Å². The minimum absolute atomic E-state index is 0.0382. The van der Waals surface area contributed by atoms with Gasteiger partial charge in [0.25, 0.3) is 5.91 Å². The van der Waals surface area contributed by atoms with Crippen molar-refractivity contribution in [3.63, 3.8) is 0 Å². The van der Waals surface area contributed by atoms with Crippen molar-refractivity contribution in [2.45, 2.75) is 32.8 Å². The Kier molecular flexibility index (Phi) is 6.12. The lowest BCUT2D eigenvalue weighted by molar-refractivity contribution is -0.118. The van der Waals surface area contributed by atoms with Crippen LogP contribution in [0.15, 0.2) is 42.5 Å². The molecule has 0 aliphatic carbocycles. The fourth-order valence-electron chi connectivity index (χ4n) is 2.78. The number of rotatable bonds is 7. The van der Waals surface area contributed by atoms with Crippen molar-refractivity contribution >= 4 is 11.6 Å². The first-order valence-electron chi connectivity index (χ1n) is 8.94. The SMILES string of the molecule is Cc1ccc(OCC(=O)Nc2cccc(OCC3CCCO3)c2)cc1C. The number of ether oxygens (including phenoxy) is 3. The smallest absolute Gasteiger partial charge is 0.262 e. The zero-order chi connectivity index (χ0) is 18.4. The molecule has 2 aromatic carbocycles. The van der Waals surface area contributed by atoms with E-state index < -0.39 is 0 Å². The molecule has 1 unspecified atom stereocenters. The summed E-state index contributed by atoms with van der Waals surface area (Å²) in [6, 6.07) is 13.1. The molecule has 1 fully saturated rings. The Morgan fingerprint density at radius 3 is 2.73 bits per heavy atom. The highest BCUT2D eigenvalue weighted by Gasteiger charge is 2.16. The topological polar surface area (TPSA) is 56.8 Å². The number of benzene rings is 2. The number of anilines is 1. The predicted molar refractivity (Wildman–Crippen MR) is 101 cm³/mol. The molecule has 0 bridgehead atoms. The van der Waals surface area contributed by atoms with Crippen LogP contribution >= 0.6 is 0 Å². The summed E-state index contributed by atoms with van der Waals surface area (Å²) >= 11 is 0. The summed E-state index contributed by atoms with van der Waals surface area (Å²) in [4.78, 5) is 12.1. The van der Waals surface area contributed by atoms with E-state index in [-0.39, 0.29) is 18.6 Å². The summed E-state index contributed by atoms with van der Waals surface area (Å²) in [6.45, 7) is 5.37. The number of carbonyl (C=O) groups excluding carboxylic acids is 1. The van der Waals surface area contributed by atoms with Crippen LogP contribution in [0.5, 0.6) is 11.5 Å². The number of hydrogen-bond acceptors (Lipinski definition) is 4. The van der Waals surface area contributed by atoms with Crippen LogP contribution in [0, 0.1) is 13.8 Å². The maximum Gasteiger partial charge on any atom is 0.262 e. The summed E-state index contributed by atoms with van der Waals surface area (Å²) in [5.41, 5.74) is 3.02. The van der Waals surface area contributed by atoms with Gasteiger partial charge in [0, 0.05) is 18.4 Å². The zero-order valence-electron chi connectivity index (χ0n) is 15.3. The third kappa shape index (κ3) is 5.23. The van der Waals surface area contributed by atoms with Gasteiger partial charge in [0.1, 0.15) is 18.1 Å². The number of amides is 1. The van der Waals surface area contributed by atoms with Crippen molar-refractivity contribution in [1.82, 2.24) is 0 Å². The first kappa shape index (κ1) is 18.3. The Hall–Kier alpha value is -2.53. The van der Waals surface area contributed by atoms with Gasteiger partial charge < -0.3 is 19.5 Å². The van der Waals surface area contributed by atoms with E-state index >= 15 is 0 Å². The molecule has 26 heavy (non-hydrogen) atoms. The van der Waals surface area contributed by atoms with Gasteiger partial charge in [0.2, 0.25) is 0 Å². The van der Waals surface area contributed by atoms with E-state index in [1.165, 1.54) is 5.56 Å². The molecule has 5 heteroatoms. The monoisotopic (exact) mass is 355 g/mol. The van der Waals surface area contributed by atoms with Crippen LogP contribution in [0.4, 0.5) is 5.69 Å². The van der Waals surface area contributed by atoms with E-state index in [1.807, 2.05) is 56.3 Å². The van der Waals surface area contributed by atoms with E-state index in [9.17, 15) is 4.79 Å². The van der Waals surface area contributed by atoms with Crippen LogP contribution < -0.4 is 14.8 Å². The van der Waals surface area contributed by atoms with Crippen molar-refractivity contribution in [2.24, 2.45) is 0 Å². The van der Waals surface area contributed by atoms with E-state index in [1.54, 1.807) is 0 Å². The van der Waals surface area contributed by atoms with Crippen LogP contribution in [0.3, 0.4) is 0 Å². The summed E-state index contributed by atoms with van der Waals surface area (Å²) < 4.78 is 16.9. The molecular formula is C21H25NO4. The second-order valence-corrected chi connectivity index (χ2v) is 6.56. The standard InChI is InChI=1S/C21H25NO4/c1-15-8-9-19(11-16(15)2)26-14-21(23)22-17-5-3-6-18(12-17)25-13-20-7-4-10-24-20/h3,5-6,8-9,11-12,20H,4,7,10,13-14H2,1-2H3,(H,22,23). The fourth-order valence-corrected chi connectivity index (χ4v) is 2.78.